The van der Waals surface area contributed by atoms with Crippen molar-refractivity contribution in [2.45, 2.75) is 85.1 Å². The predicted molar refractivity (Wildman–Crippen MR) is 162 cm³/mol. The lowest BCUT2D eigenvalue weighted by Gasteiger charge is -2.39. The van der Waals surface area contributed by atoms with Crippen molar-refractivity contribution in [3.63, 3.8) is 0 Å². The molecule has 0 radical (unpaired) electrons. The van der Waals surface area contributed by atoms with Gasteiger partial charge in [0.25, 0.3) is 0 Å². The molecule has 36 heavy (non-hydrogen) atoms. The summed E-state index contributed by atoms with van der Waals surface area (Å²) in [5.41, 5.74) is 10.6. The van der Waals surface area contributed by atoms with Crippen LogP contribution in [0.1, 0.15) is 83.9 Å². The zero-order valence-corrected chi connectivity index (χ0v) is 24.5. The highest BCUT2D eigenvalue weighted by Crippen LogP contribution is 2.58. The van der Waals surface area contributed by atoms with E-state index in [2.05, 4.69) is 120 Å². The third-order valence-corrected chi connectivity index (χ3v) is 12.6. The Hall–Kier alpha value is -2.64. The average molecular weight is 493 g/mol. The summed E-state index contributed by atoms with van der Waals surface area (Å²) in [7, 11) is -1.67. The molecule has 0 saturated heterocycles. The van der Waals surface area contributed by atoms with E-state index in [-0.39, 0.29) is 5.04 Å². The van der Waals surface area contributed by atoms with E-state index in [1.54, 1.807) is 11.1 Å². The van der Waals surface area contributed by atoms with Crippen LogP contribution in [0.4, 0.5) is 0 Å². The van der Waals surface area contributed by atoms with E-state index >= 15 is 0 Å². The van der Waals surface area contributed by atoms with Crippen LogP contribution in [0.25, 0.3) is 5.57 Å². The van der Waals surface area contributed by atoms with Gasteiger partial charge in [-0.15, -0.1) is 0 Å². The van der Waals surface area contributed by atoms with Crippen molar-refractivity contribution < 1.29 is 0 Å². The normalized spacial score (nSPS) is 18.0. The van der Waals surface area contributed by atoms with Crippen LogP contribution in [0.2, 0.25) is 5.04 Å². The molecule has 0 nitrogen and oxygen atoms in total. The Morgan fingerprint density at radius 2 is 1.11 bits per heavy atom. The molecule has 0 aliphatic heterocycles. The van der Waals surface area contributed by atoms with Gasteiger partial charge in [-0.1, -0.05) is 128 Å². The van der Waals surface area contributed by atoms with Crippen LogP contribution in [-0.4, -0.2) is 8.80 Å². The van der Waals surface area contributed by atoms with Crippen molar-refractivity contribution in [1.29, 1.82) is 0 Å². The van der Waals surface area contributed by atoms with Gasteiger partial charge in [0.1, 0.15) is 8.80 Å². The number of benzene rings is 3. The molecule has 0 amide bonds. The molecule has 188 valence electrons. The monoisotopic (exact) mass is 492 g/mol. The largest absolute Gasteiger partial charge is 0.117 e. The third kappa shape index (κ3) is 5.09. The third-order valence-electron chi connectivity index (χ3n) is 8.62. The zero-order valence-electron chi connectivity index (χ0n) is 23.3. The second-order valence-electron chi connectivity index (χ2n) is 11.0. The lowest BCUT2D eigenvalue weighted by atomic mass is 9.87. The summed E-state index contributed by atoms with van der Waals surface area (Å²) in [6.45, 7) is 14.3. The molecule has 1 aliphatic rings. The Bertz CT molecular complexity index is 1170. The van der Waals surface area contributed by atoms with Crippen molar-refractivity contribution in [3.8, 4) is 0 Å². The first-order valence-corrected chi connectivity index (χ1v) is 15.8. The number of allylic oxidation sites excluding steroid dienone is 4. The Balaban J connectivity index is 1.94. The molecule has 0 fully saturated rings. The van der Waals surface area contributed by atoms with E-state index < -0.39 is 8.80 Å². The fourth-order valence-electron chi connectivity index (χ4n) is 6.42. The van der Waals surface area contributed by atoms with E-state index in [0.717, 1.165) is 0 Å². The van der Waals surface area contributed by atoms with Crippen LogP contribution in [0.15, 0.2) is 95.6 Å². The van der Waals surface area contributed by atoms with Gasteiger partial charge in [0.15, 0.2) is 0 Å². The van der Waals surface area contributed by atoms with Gasteiger partial charge in [-0.2, -0.15) is 0 Å². The van der Waals surface area contributed by atoms with Gasteiger partial charge < -0.3 is 0 Å². The molecule has 1 atom stereocenters. The summed E-state index contributed by atoms with van der Waals surface area (Å²) in [5, 5.41) is 3.07. The topological polar surface area (TPSA) is 0 Å². The van der Waals surface area contributed by atoms with Gasteiger partial charge in [0.2, 0.25) is 0 Å². The number of unbranched alkanes of at least 4 members (excludes halogenated alkanes) is 2. The van der Waals surface area contributed by atoms with E-state index in [0.29, 0.717) is 0 Å². The van der Waals surface area contributed by atoms with Crippen molar-refractivity contribution >= 4 is 24.7 Å². The van der Waals surface area contributed by atoms with Crippen molar-refractivity contribution in [2.75, 3.05) is 0 Å². The highest BCUT2D eigenvalue weighted by molar-refractivity contribution is 6.89. The Morgan fingerprint density at radius 1 is 0.639 bits per heavy atom. The Kier molecular flexibility index (Phi) is 8.52. The molecule has 1 heteroatoms. The molecule has 1 unspecified atom stereocenters. The molecule has 4 rings (SSSR count). The highest BCUT2D eigenvalue weighted by Gasteiger charge is 2.47. The standard InChI is InChI=1S/C35H44Si/c1-7-9-17-29-23-30(18-10-8-2)25-31(24-29)34-27(4)26(3)28(5)35(34,6)36(32-19-13-11-14-20-32)33-21-15-12-16-22-33/h11-16,19-25,36H,7-10,17-18H2,1-6H3. The minimum Gasteiger partial charge on any atom is -0.0654 e. The van der Waals surface area contributed by atoms with Crippen LogP contribution < -0.4 is 10.4 Å². The summed E-state index contributed by atoms with van der Waals surface area (Å²) in [5.74, 6) is 0. The second kappa shape index (κ2) is 11.6. The minimum absolute atomic E-state index is 0.0162. The van der Waals surface area contributed by atoms with Crippen LogP contribution in [0.3, 0.4) is 0 Å². The van der Waals surface area contributed by atoms with E-state index in [1.165, 1.54) is 76.7 Å². The lowest BCUT2D eigenvalue weighted by molar-refractivity contribution is 0.779. The van der Waals surface area contributed by atoms with Gasteiger partial charge in [0, 0.05) is 5.04 Å². The van der Waals surface area contributed by atoms with Crippen LogP contribution >= 0.6 is 0 Å². The van der Waals surface area contributed by atoms with E-state index in [1.807, 2.05) is 0 Å². The number of rotatable bonds is 10. The van der Waals surface area contributed by atoms with Gasteiger partial charge in [-0.3, -0.25) is 0 Å². The van der Waals surface area contributed by atoms with Gasteiger partial charge in [-0.25, -0.2) is 0 Å². The smallest absolute Gasteiger partial charge is 0.0654 e. The minimum atomic E-state index is -1.67. The molecule has 0 heterocycles. The van der Waals surface area contributed by atoms with Crippen LogP contribution in [-0.2, 0) is 12.8 Å². The number of aryl methyl sites for hydroxylation is 2. The van der Waals surface area contributed by atoms with Gasteiger partial charge in [0.05, 0.1) is 0 Å². The molecular formula is C35H44Si. The Morgan fingerprint density at radius 3 is 1.56 bits per heavy atom. The Labute approximate surface area is 221 Å². The maximum absolute atomic E-state index is 2.57. The SMILES string of the molecule is CCCCc1cc(CCCC)cc(C2=C(C)C(C)=C(C)C2(C)[SiH](c2ccccc2)c2ccccc2)c1. The van der Waals surface area contributed by atoms with Gasteiger partial charge >= 0.3 is 0 Å². The summed E-state index contributed by atoms with van der Waals surface area (Å²) in [4.78, 5) is 0. The molecule has 3 aromatic carbocycles. The number of hydrogen-bond donors (Lipinski definition) is 0. The fourth-order valence-corrected chi connectivity index (χ4v) is 10.7. The molecule has 0 aromatic heterocycles. The van der Waals surface area contributed by atoms with Crippen molar-refractivity contribution in [3.05, 3.63) is 112 Å². The number of hydrogen-bond acceptors (Lipinski definition) is 0. The highest BCUT2D eigenvalue weighted by atomic mass is 28.3. The summed E-state index contributed by atoms with van der Waals surface area (Å²) >= 11 is 0. The average Bonchev–Trinajstić information content (AvgIpc) is 3.07. The zero-order chi connectivity index (χ0) is 25.7. The van der Waals surface area contributed by atoms with Crippen molar-refractivity contribution in [1.82, 2.24) is 0 Å². The first-order chi connectivity index (χ1) is 17.4. The van der Waals surface area contributed by atoms with Crippen LogP contribution in [0.5, 0.6) is 0 Å². The summed E-state index contributed by atoms with van der Waals surface area (Å²) in [6.07, 6.45) is 7.35. The van der Waals surface area contributed by atoms with Crippen LogP contribution in [0, 0.1) is 0 Å². The maximum atomic E-state index is 2.57. The molecule has 3 aromatic rings. The molecular weight excluding hydrogens is 448 g/mol. The van der Waals surface area contributed by atoms with Gasteiger partial charge in [-0.05, 0) is 79.9 Å². The van der Waals surface area contributed by atoms with E-state index in [9.17, 15) is 0 Å². The molecule has 0 N–H and O–H groups in total. The predicted octanol–water partition coefficient (Wildman–Crippen LogP) is 8.30. The maximum Gasteiger partial charge on any atom is 0.117 e. The fraction of sp³-hybridized carbons (Fsp3) is 0.371. The molecule has 0 bridgehead atoms. The second-order valence-corrected chi connectivity index (χ2v) is 14.3. The quantitative estimate of drug-likeness (QED) is 0.250. The molecule has 1 aliphatic carbocycles. The molecule has 0 saturated carbocycles. The lowest BCUT2D eigenvalue weighted by Crippen LogP contribution is -2.51. The first kappa shape index (κ1) is 26.4. The van der Waals surface area contributed by atoms with Crippen molar-refractivity contribution in [2.24, 2.45) is 0 Å². The summed E-state index contributed by atoms with van der Waals surface area (Å²) in [6, 6.07) is 30.3. The first-order valence-electron chi connectivity index (χ1n) is 14.0. The summed E-state index contributed by atoms with van der Waals surface area (Å²) < 4.78 is 0. The van der Waals surface area contributed by atoms with E-state index in [4.69, 9.17) is 0 Å². The molecule has 0 spiro atoms.